The molecule has 6 nitrogen and oxygen atoms in total. The Hall–Kier alpha value is -1.80. The maximum atomic E-state index is 6.37. The van der Waals surface area contributed by atoms with Crippen LogP contribution in [0.4, 0.5) is 0 Å². The standard InChI is InChI=1S/C20H24N2O4/c21-16-17(22)20(23-11-13-7-3-1-4-8-13)25-15-12-24-19(26-18(15)16)14-9-5-2-6-10-14/h1-10,15-20H,11-12,21-22H2/t15-,16-,17-,18-,19+,20+/m1/s1. The third-order valence-corrected chi connectivity index (χ3v) is 4.83. The Morgan fingerprint density at radius 3 is 2.31 bits per heavy atom. The van der Waals surface area contributed by atoms with Crippen LogP contribution in [-0.2, 0) is 25.6 Å². The zero-order valence-corrected chi connectivity index (χ0v) is 14.4. The summed E-state index contributed by atoms with van der Waals surface area (Å²) < 4.78 is 23.8. The summed E-state index contributed by atoms with van der Waals surface area (Å²) in [5.41, 5.74) is 14.7. The van der Waals surface area contributed by atoms with Crippen LogP contribution in [-0.4, -0.2) is 37.2 Å². The van der Waals surface area contributed by atoms with Crippen LogP contribution in [0.2, 0.25) is 0 Å². The lowest BCUT2D eigenvalue weighted by atomic mass is 9.94. The molecule has 0 radical (unpaired) electrons. The van der Waals surface area contributed by atoms with Crippen LogP contribution in [0, 0.1) is 0 Å². The van der Waals surface area contributed by atoms with Crippen LogP contribution in [0.15, 0.2) is 60.7 Å². The summed E-state index contributed by atoms with van der Waals surface area (Å²) in [5, 5.41) is 0. The monoisotopic (exact) mass is 356 g/mol. The highest BCUT2D eigenvalue weighted by molar-refractivity contribution is 5.17. The van der Waals surface area contributed by atoms with E-state index in [0.717, 1.165) is 11.1 Å². The van der Waals surface area contributed by atoms with Crippen molar-refractivity contribution in [1.82, 2.24) is 0 Å². The molecule has 0 amide bonds. The summed E-state index contributed by atoms with van der Waals surface area (Å²) in [4.78, 5) is 0. The third-order valence-electron chi connectivity index (χ3n) is 4.83. The molecule has 0 bridgehead atoms. The van der Waals surface area contributed by atoms with E-state index >= 15 is 0 Å². The van der Waals surface area contributed by atoms with Gasteiger partial charge in [0.25, 0.3) is 0 Å². The molecule has 26 heavy (non-hydrogen) atoms. The van der Waals surface area contributed by atoms with Crippen molar-refractivity contribution in [2.75, 3.05) is 6.61 Å². The molecule has 0 spiro atoms. The average molecular weight is 356 g/mol. The van der Waals surface area contributed by atoms with Gasteiger partial charge in [-0.1, -0.05) is 60.7 Å². The normalized spacial score (nSPS) is 34.2. The van der Waals surface area contributed by atoms with Gasteiger partial charge < -0.3 is 30.4 Å². The Labute approximate surface area is 153 Å². The summed E-state index contributed by atoms with van der Waals surface area (Å²) in [5.74, 6) is 0. The van der Waals surface area contributed by atoms with Gasteiger partial charge in [-0.3, -0.25) is 0 Å². The molecule has 6 heteroatoms. The number of nitrogens with two attached hydrogens (primary N) is 2. The Morgan fingerprint density at radius 1 is 0.885 bits per heavy atom. The van der Waals surface area contributed by atoms with Crippen molar-refractivity contribution in [3.63, 3.8) is 0 Å². The second kappa shape index (κ2) is 7.84. The van der Waals surface area contributed by atoms with Crippen molar-refractivity contribution >= 4 is 0 Å². The zero-order chi connectivity index (χ0) is 17.9. The molecule has 0 aromatic heterocycles. The second-order valence-corrected chi connectivity index (χ2v) is 6.67. The van der Waals surface area contributed by atoms with Crippen LogP contribution in [0.1, 0.15) is 17.4 Å². The van der Waals surface area contributed by atoms with Crippen molar-refractivity contribution in [3.05, 3.63) is 71.8 Å². The first kappa shape index (κ1) is 17.6. The predicted octanol–water partition coefficient (Wildman–Crippen LogP) is 1.70. The quantitative estimate of drug-likeness (QED) is 0.867. The zero-order valence-electron chi connectivity index (χ0n) is 14.4. The largest absolute Gasteiger partial charge is 0.346 e. The molecule has 2 aliphatic heterocycles. The van der Waals surface area contributed by atoms with E-state index in [1.54, 1.807) is 0 Å². The van der Waals surface area contributed by atoms with Crippen LogP contribution in [0.5, 0.6) is 0 Å². The highest BCUT2D eigenvalue weighted by Crippen LogP contribution is 2.33. The molecule has 4 rings (SSSR count). The first-order valence-electron chi connectivity index (χ1n) is 8.86. The van der Waals surface area contributed by atoms with Crippen molar-refractivity contribution in [2.45, 2.75) is 43.5 Å². The molecule has 2 fully saturated rings. The molecule has 0 aliphatic carbocycles. The fourth-order valence-electron chi connectivity index (χ4n) is 3.35. The molecule has 6 atom stereocenters. The van der Waals surface area contributed by atoms with E-state index < -0.39 is 24.7 Å². The van der Waals surface area contributed by atoms with Crippen molar-refractivity contribution in [1.29, 1.82) is 0 Å². The maximum absolute atomic E-state index is 6.37. The van der Waals surface area contributed by atoms with E-state index in [2.05, 4.69) is 0 Å². The topological polar surface area (TPSA) is 89.0 Å². The molecule has 2 saturated heterocycles. The van der Waals surface area contributed by atoms with Gasteiger partial charge in [-0.2, -0.15) is 0 Å². The Morgan fingerprint density at radius 2 is 1.58 bits per heavy atom. The number of ether oxygens (including phenoxy) is 4. The molecule has 2 aromatic rings. The molecule has 0 unspecified atom stereocenters. The molecule has 2 heterocycles. The van der Waals surface area contributed by atoms with Gasteiger partial charge in [-0.25, -0.2) is 0 Å². The summed E-state index contributed by atoms with van der Waals surface area (Å²) in [6.45, 7) is 0.799. The van der Waals surface area contributed by atoms with Gasteiger partial charge in [-0.05, 0) is 5.56 Å². The fourth-order valence-corrected chi connectivity index (χ4v) is 3.35. The van der Waals surface area contributed by atoms with Crippen LogP contribution >= 0.6 is 0 Å². The SMILES string of the molecule is N[C@@H]1[C@@H](N)[C@@H](OCc2ccccc2)O[C@@H]2CO[C@H](c3ccccc3)O[C@@H]12. The summed E-state index contributed by atoms with van der Waals surface area (Å²) >= 11 is 0. The van der Waals surface area contributed by atoms with Gasteiger partial charge in [0.15, 0.2) is 12.6 Å². The lowest BCUT2D eigenvalue weighted by Crippen LogP contribution is -2.67. The first-order valence-corrected chi connectivity index (χ1v) is 8.86. The molecular weight excluding hydrogens is 332 g/mol. The van der Waals surface area contributed by atoms with Gasteiger partial charge in [0, 0.05) is 5.56 Å². The van der Waals surface area contributed by atoms with Gasteiger partial charge in [0.2, 0.25) is 0 Å². The van der Waals surface area contributed by atoms with Crippen molar-refractivity contribution in [2.24, 2.45) is 11.5 Å². The van der Waals surface area contributed by atoms with Gasteiger partial charge in [0.1, 0.15) is 12.2 Å². The van der Waals surface area contributed by atoms with Crippen LogP contribution in [0.25, 0.3) is 0 Å². The maximum Gasteiger partial charge on any atom is 0.184 e. The highest BCUT2D eigenvalue weighted by Gasteiger charge is 2.47. The van der Waals surface area contributed by atoms with E-state index in [9.17, 15) is 0 Å². The molecular formula is C20H24N2O4. The fraction of sp³-hybridized carbons (Fsp3) is 0.400. The predicted molar refractivity (Wildman–Crippen MR) is 95.9 cm³/mol. The minimum Gasteiger partial charge on any atom is -0.346 e. The number of hydrogen-bond donors (Lipinski definition) is 2. The lowest BCUT2D eigenvalue weighted by molar-refractivity contribution is -0.326. The van der Waals surface area contributed by atoms with E-state index in [-0.39, 0.29) is 12.2 Å². The highest BCUT2D eigenvalue weighted by atomic mass is 16.7. The summed E-state index contributed by atoms with van der Waals surface area (Å²) in [6, 6.07) is 18.8. The first-order chi connectivity index (χ1) is 12.7. The Kier molecular flexibility index (Phi) is 5.31. The molecule has 138 valence electrons. The van der Waals surface area contributed by atoms with E-state index in [1.807, 2.05) is 60.7 Å². The van der Waals surface area contributed by atoms with Gasteiger partial charge in [-0.15, -0.1) is 0 Å². The minimum absolute atomic E-state index is 0.300. The van der Waals surface area contributed by atoms with Crippen molar-refractivity contribution < 1.29 is 18.9 Å². The third kappa shape index (κ3) is 3.66. The van der Waals surface area contributed by atoms with Gasteiger partial charge >= 0.3 is 0 Å². The second-order valence-electron chi connectivity index (χ2n) is 6.67. The lowest BCUT2D eigenvalue weighted by Gasteiger charge is -2.47. The minimum atomic E-state index is -0.591. The van der Waals surface area contributed by atoms with E-state index in [1.165, 1.54) is 0 Å². The van der Waals surface area contributed by atoms with Crippen LogP contribution in [0.3, 0.4) is 0 Å². The molecule has 2 aromatic carbocycles. The smallest absolute Gasteiger partial charge is 0.184 e. The molecule has 2 aliphatic rings. The number of rotatable bonds is 4. The van der Waals surface area contributed by atoms with Crippen LogP contribution < -0.4 is 11.5 Å². The van der Waals surface area contributed by atoms with E-state index in [4.69, 9.17) is 30.4 Å². The Bertz CT molecular complexity index is 697. The average Bonchev–Trinajstić information content (AvgIpc) is 2.71. The van der Waals surface area contributed by atoms with Crippen molar-refractivity contribution in [3.8, 4) is 0 Å². The van der Waals surface area contributed by atoms with Gasteiger partial charge in [0.05, 0.1) is 25.3 Å². The Balaban J connectivity index is 1.40. The number of benzene rings is 2. The summed E-state index contributed by atoms with van der Waals surface area (Å²) in [6.07, 6.45) is -1.68. The number of hydrogen-bond acceptors (Lipinski definition) is 6. The molecule has 4 N–H and O–H groups in total. The number of fused-ring (bicyclic) bond motifs is 1. The summed E-state index contributed by atoms with van der Waals surface area (Å²) in [7, 11) is 0. The molecule has 0 saturated carbocycles. The van der Waals surface area contributed by atoms with E-state index in [0.29, 0.717) is 13.2 Å².